The summed E-state index contributed by atoms with van der Waals surface area (Å²) in [6.45, 7) is 1.40. The highest BCUT2D eigenvalue weighted by Crippen LogP contribution is 2.35. The Morgan fingerprint density at radius 1 is 0.692 bits per heavy atom. The Morgan fingerprint density at radius 2 is 1.13 bits per heavy atom. The lowest BCUT2D eigenvalue weighted by molar-refractivity contribution is -0.161. The first kappa shape index (κ1) is 37.6. The quantitative estimate of drug-likeness (QED) is 0.0421. The average molecular weight is 575 g/mol. The van der Waals surface area contributed by atoms with Crippen molar-refractivity contribution in [3.05, 3.63) is 0 Å². The zero-order chi connectivity index (χ0) is 29.0. The van der Waals surface area contributed by atoms with Crippen LogP contribution in [0.15, 0.2) is 0 Å². The molecule has 0 rings (SSSR count). The van der Waals surface area contributed by atoms with Crippen molar-refractivity contribution in [2.24, 2.45) is 0 Å². The Kier molecular flexibility index (Phi) is 25.9. The predicted molar refractivity (Wildman–Crippen MR) is 155 cm³/mol. The molecular formula is C30H55O8P. The molecule has 0 saturated heterocycles. The second kappa shape index (κ2) is 26.8. The van der Waals surface area contributed by atoms with Gasteiger partial charge in [-0.1, -0.05) is 110 Å². The van der Waals surface area contributed by atoms with Crippen LogP contribution in [0.5, 0.6) is 0 Å². The molecule has 0 aliphatic carbocycles. The number of phosphoric acid groups is 1. The summed E-state index contributed by atoms with van der Waals surface area (Å²) in [6.07, 6.45) is 26.9. The van der Waals surface area contributed by atoms with Gasteiger partial charge in [0.25, 0.3) is 0 Å². The summed E-state index contributed by atoms with van der Waals surface area (Å²) in [5.41, 5.74) is 0. The van der Waals surface area contributed by atoms with E-state index in [0.717, 1.165) is 57.8 Å². The maximum Gasteiger partial charge on any atom is 0.469 e. The molecule has 0 aromatic heterocycles. The van der Waals surface area contributed by atoms with Crippen LogP contribution in [-0.4, -0.2) is 41.0 Å². The van der Waals surface area contributed by atoms with Crippen molar-refractivity contribution < 1.29 is 37.9 Å². The van der Waals surface area contributed by atoms with Crippen LogP contribution in [-0.2, 0) is 28.2 Å². The van der Waals surface area contributed by atoms with Gasteiger partial charge in [0, 0.05) is 19.3 Å². The van der Waals surface area contributed by atoms with Gasteiger partial charge in [-0.2, -0.15) is 0 Å². The van der Waals surface area contributed by atoms with Crippen molar-refractivity contribution in [3.8, 4) is 12.3 Å². The minimum atomic E-state index is -4.74. The molecule has 0 aliphatic rings. The van der Waals surface area contributed by atoms with Crippen LogP contribution >= 0.6 is 7.82 Å². The number of phosphoric ester groups is 1. The first-order valence-corrected chi connectivity index (χ1v) is 16.8. The van der Waals surface area contributed by atoms with Gasteiger partial charge in [-0.05, 0) is 19.3 Å². The molecule has 228 valence electrons. The number of carbonyl (C=O) groups excluding carboxylic acids is 2. The number of ether oxygens (including phenoxy) is 2. The van der Waals surface area contributed by atoms with E-state index in [0.29, 0.717) is 6.42 Å². The van der Waals surface area contributed by atoms with Crippen LogP contribution in [0.1, 0.15) is 148 Å². The lowest BCUT2D eigenvalue weighted by Crippen LogP contribution is -2.29. The van der Waals surface area contributed by atoms with Gasteiger partial charge in [0.1, 0.15) is 6.61 Å². The van der Waals surface area contributed by atoms with Crippen molar-refractivity contribution in [2.45, 2.75) is 154 Å². The van der Waals surface area contributed by atoms with Gasteiger partial charge in [-0.3, -0.25) is 14.1 Å². The summed E-state index contributed by atoms with van der Waals surface area (Å²) >= 11 is 0. The highest BCUT2D eigenvalue weighted by molar-refractivity contribution is 7.46. The van der Waals surface area contributed by atoms with Gasteiger partial charge in [0.05, 0.1) is 6.61 Å². The molecule has 0 unspecified atom stereocenters. The average Bonchev–Trinajstić information content (AvgIpc) is 2.89. The van der Waals surface area contributed by atoms with Crippen molar-refractivity contribution in [2.75, 3.05) is 13.2 Å². The van der Waals surface area contributed by atoms with Crippen molar-refractivity contribution >= 4 is 19.8 Å². The van der Waals surface area contributed by atoms with E-state index in [-0.39, 0.29) is 19.4 Å². The van der Waals surface area contributed by atoms with Crippen molar-refractivity contribution in [1.82, 2.24) is 0 Å². The molecule has 0 spiro atoms. The highest BCUT2D eigenvalue weighted by Gasteiger charge is 2.22. The fourth-order valence-electron chi connectivity index (χ4n) is 4.29. The van der Waals surface area contributed by atoms with E-state index >= 15 is 0 Å². The molecule has 8 nitrogen and oxygen atoms in total. The lowest BCUT2D eigenvalue weighted by atomic mass is 10.0. The molecule has 0 aromatic rings. The first-order chi connectivity index (χ1) is 18.8. The van der Waals surface area contributed by atoms with Gasteiger partial charge < -0.3 is 19.3 Å². The van der Waals surface area contributed by atoms with E-state index in [9.17, 15) is 14.2 Å². The zero-order valence-corrected chi connectivity index (χ0v) is 25.3. The fraction of sp³-hybridized carbons (Fsp3) is 0.867. The third kappa shape index (κ3) is 29.4. The summed E-state index contributed by atoms with van der Waals surface area (Å²) < 4.78 is 26.0. The number of carbonyl (C=O) groups is 2. The largest absolute Gasteiger partial charge is 0.469 e. The Hall–Kier alpha value is -1.39. The van der Waals surface area contributed by atoms with E-state index < -0.39 is 32.5 Å². The molecule has 2 N–H and O–H groups in total. The van der Waals surface area contributed by atoms with Crippen LogP contribution < -0.4 is 0 Å². The molecule has 0 aromatic carbocycles. The van der Waals surface area contributed by atoms with Crippen molar-refractivity contribution in [1.29, 1.82) is 0 Å². The summed E-state index contributed by atoms with van der Waals surface area (Å²) in [6, 6.07) is 0. The zero-order valence-electron chi connectivity index (χ0n) is 24.4. The summed E-state index contributed by atoms with van der Waals surface area (Å²) in [7, 11) is -4.74. The third-order valence-electron chi connectivity index (χ3n) is 6.59. The number of hydrogen-bond acceptors (Lipinski definition) is 6. The minimum absolute atomic E-state index is 0.184. The third-order valence-corrected chi connectivity index (χ3v) is 7.08. The van der Waals surface area contributed by atoms with E-state index in [1.54, 1.807) is 0 Å². The molecule has 0 bridgehead atoms. The summed E-state index contributed by atoms with van der Waals surface area (Å²) in [5.74, 6) is 1.70. The van der Waals surface area contributed by atoms with Gasteiger partial charge >= 0.3 is 19.8 Å². The molecule has 0 amide bonds. The predicted octanol–water partition coefficient (Wildman–Crippen LogP) is 7.79. The standard InChI is InChI=1S/C30H55O8P/c1-3-5-7-9-11-13-14-15-16-17-19-20-22-24-29(31)36-26-28(27-37-39(33,34)35)38-30(32)25-23-21-18-12-10-8-6-4-2/h2,28H,3,5-27H2,1H3,(H2,33,34,35)/t28-/m1/s1. The second-order valence-electron chi connectivity index (χ2n) is 10.4. The van der Waals surface area contributed by atoms with Crippen molar-refractivity contribution in [3.63, 3.8) is 0 Å². The molecule has 9 heteroatoms. The maximum atomic E-state index is 12.2. The number of esters is 2. The number of hydrogen-bond donors (Lipinski definition) is 2. The van der Waals surface area contributed by atoms with Crippen LogP contribution in [0.25, 0.3) is 0 Å². The number of unbranched alkanes of at least 4 members (excludes halogenated alkanes) is 18. The maximum absolute atomic E-state index is 12.2. The molecule has 0 heterocycles. The Balaban J connectivity index is 3.99. The van der Waals surface area contributed by atoms with Gasteiger partial charge in [-0.15, -0.1) is 12.3 Å². The van der Waals surface area contributed by atoms with Gasteiger partial charge in [0.15, 0.2) is 6.10 Å². The monoisotopic (exact) mass is 574 g/mol. The minimum Gasteiger partial charge on any atom is -0.462 e. The summed E-state index contributed by atoms with van der Waals surface area (Å²) in [4.78, 5) is 42.2. The first-order valence-electron chi connectivity index (χ1n) is 15.3. The molecule has 0 aliphatic heterocycles. The fourth-order valence-corrected chi connectivity index (χ4v) is 4.65. The SMILES string of the molecule is C#CCCCCCCCCC(=O)O[C@H](COC(=O)CCCCCCCCCCCCCCC)COP(=O)(O)O. The van der Waals surface area contributed by atoms with Crippen LogP contribution in [0.2, 0.25) is 0 Å². The van der Waals surface area contributed by atoms with Crippen LogP contribution in [0, 0.1) is 12.3 Å². The number of rotatable bonds is 28. The van der Waals surface area contributed by atoms with E-state index in [1.165, 1.54) is 64.2 Å². The van der Waals surface area contributed by atoms with E-state index in [4.69, 9.17) is 25.7 Å². The summed E-state index contributed by atoms with van der Waals surface area (Å²) in [5, 5.41) is 0. The number of terminal acetylenes is 1. The van der Waals surface area contributed by atoms with Gasteiger partial charge in [-0.25, -0.2) is 4.57 Å². The second-order valence-corrected chi connectivity index (χ2v) is 11.6. The Bertz CT molecular complexity index is 685. The molecule has 0 saturated carbocycles. The molecule has 0 radical (unpaired) electrons. The topological polar surface area (TPSA) is 119 Å². The molecule has 0 fully saturated rings. The Morgan fingerprint density at radius 3 is 1.59 bits per heavy atom. The van der Waals surface area contributed by atoms with E-state index in [1.807, 2.05) is 0 Å². The highest BCUT2D eigenvalue weighted by atomic mass is 31.2. The lowest BCUT2D eigenvalue weighted by Gasteiger charge is -2.18. The van der Waals surface area contributed by atoms with E-state index in [2.05, 4.69) is 17.4 Å². The molecular weight excluding hydrogens is 519 g/mol. The smallest absolute Gasteiger partial charge is 0.462 e. The molecule has 39 heavy (non-hydrogen) atoms. The van der Waals surface area contributed by atoms with Crippen LogP contribution in [0.4, 0.5) is 0 Å². The van der Waals surface area contributed by atoms with Gasteiger partial charge in [0.2, 0.25) is 0 Å². The molecule has 1 atom stereocenters. The normalized spacial score (nSPS) is 12.2. The van der Waals surface area contributed by atoms with Crippen LogP contribution in [0.3, 0.4) is 0 Å². The Labute approximate surface area is 237 Å².